The molecule has 0 spiro atoms. The van der Waals surface area contributed by atoms with E-state index < -0.39 is 51.1 Å². The SMILES string of the molecule is CCc1ccc2c(c1)[C@@H](NC[C@@H](O)[C@H](Cc1cc(F)cc(F)c1)N(C)C(C)(C)C(N)=O)CS(=O)(=O)C2. The summed E-state index contributed by atoms with van der Waals surface area (Å²) >= 11 is 0. The minimum Gasteiger partial charge on any atom is -0.390 e. The Balaban J connectivity index is 1.88. The summed E-state index contributed by atoms with van der Waals surface area (Å²) in [5, 5.41) is 14.4. The summed E-state index contributed by atoms with van der Waals surface area (Å²) in [6, 6.07) is 7.57. The monoisotopic (exact) mass is 523 g/mol. The number of halogens is 2. The van der Waals surface area contributed by atoms with Gasteiger partial charge in [0, 0.05) is 24.7 Å². The van der Waals surface area contributed by atoms with Gasteiger partial charge in [-0.15, -0.1) is 0 Å². The molecule has 0 radical (unpaired) electrons. The number of rotatable bonds is 10. The quantitative estimate of drug-likeness (QED) is 0.440. The van der Waals surface area contributed by atoms with E-state index in [9.17, 15) is 27.1 Å². The standard InChI is InChI=1S/C26H35F2N3O4S/c1-5-16-6-7-18-14-36(34,35)15-22(21(18)10-16)30-13-24(32)23(31(4)26(2,3)25(29)33)11-17-8-19(27)12-20(28)9-17/h6-10,12,22-24,30,32H,5,11,13-15H2,1-4H3,(H2,29,33)/t22-,23-,24+/m0/s1. The highest BCUT2D eigenvalue weighted by atomic mass is 32.2. The van der Waals surface area contributed by atoms with Crippen molar-refractivity contribution in [2.24, 2.45) is 5.73 Å². The third-order valence-electron chi connectivity index (χ3n) is 7.16. The van der Waals surface area contributed by atoms with Gasteiger partial charge in [-0.05, 0) is 68.1 Å². The van der Waals surface area contributed by atoms with E-state index in [0.29, 0.717) is 5.56 Å². The lowest BCUT2D eigenvalue weighted by Gasteiger charge is -2.41. The van der Waals surface area contributed by atoms with E-state index >= 15 is 0 Å². The van der Waals surface area contributed by atoms with Crippen LogP contribution in [0.2, 0.25) is 0 Å². The molecule has 198 valence electrons. The Bertz CT molecular complexity index is 1200. The number of fused-ring (bicyclic) bond motifs is 1. The van der Waals surface area contributed by atoms with E-state index in [1.807, 2.05) is 25.1 Å². The predicted molar refractivity (Wildman–Crippen MR) is 135 cm³/mol. The molecular weight excluding hydrogens is 488 g/mol. The van der Waals surface area contributed by atoms with Crippen molar-refractivity contribution in [2.75, 3.05) is 19.3 Å². The van der Waals surface area contributed by atoms with Crippen molar-refractivity contribution in [1.82, 2.24) is 10.2 Å². The molecule has 2 aromatic rings. The molecule has 36 heavy (non-hydrogen) atoms. The molecule has 0 fully saturated rings. The number of aryl methyl sites for hydroxylation is 1. The molecule has 1 aliphatic rings. The minimum absolute atomic E-state index is 0.0162. The van der Waals surface area contributed by atoms with Crippen LogP contribution in [-0.2, 0) is 33.2 Å². The molecule has 7 nitrogen and oxygen atoms in total. The molecule has 1 amide bonds. The summed E-state index contributed by atoms with van der Waals surface area (Å²) in [6.45, 7) is 5.21. The molecule has 2 aromatic carbocycles. The fraction of sp³-hybridized carbons (Fsp3) is 0.500. The fourth-order valence-corrected chi connectivity index (χ4v) is 6.28. The average Bonchev–Trinajstić information content (AvgIpc) is 2.78. The molecule has 3 rings (SSSR count). The summed E-state index contributed by atoms with van der Waals surface area (Å²) in [5.41, 5.74) is 7.41. The summed E-state index contributed by atoms with van der Waals surface area (Å²) in [7, 11) is -1.73. The Hall–Kier alpha value is -2.40. The highest BCUT2D eigenvalue weighted by Crippen LogP contribution is 2.30. The van der Waals surface area contributed by atoms with Gasteiger partial charge in [-0.2, -0.15) is 0 Å². The Morgan fingerprint density at radius 3 is 2.42 bits per heavy atom. The van der Waals surface area contributed by atoms with Crippen LogP contribution in [0.15, 0.2) is 36.4 Å². The van der Waals surface area contributed by atoms with Crippen molar-refractivity contribution >= 4 is 15.7 Å². The lowest BCUT2D eigenvalue weighted by atomic mass is 9.93. The van der Waals surface area contributed by atoms with Crippen molar-refractivity contribution in [1.29, 1.82) is 0 Å². The first-order valence-corrected chi connectivity index (χ1v) is 13.8. The molecule has 1 aliphatic heterocycles. The van der Waals surface area contributed by atoms with Gasteiger partial charge in [0.15, 0.2) is 9.84 Å². The van der Waals surface area contributed by atoms with Crippen LogP contribution in [0.3, 0.4) is 0 Å². The maximum absolute atomic E-state index is 13.8. The number of likely N-dealkylation sites (N-methyl/N-ethyl adjacent to an activating group) is 1. The number of nitrogens with one attached hydrogen (secondary N) is 1. The van der Waals surface area contributed by atoms with Crippen molar-refractivity contribution in [3.8, 4) is 0 Å². The van der Waals surface area contributed by atoms with Crippen molar-refractivity contribution in [2.45, 2.75) is 63.1 Å². The summed E-state index contributed by atoms with van der Waals surface area (Å²) in [5.74, 6) is -2.26. The molecule has 0 bridgehead atoms. The average molecular weight is 524 g/mol. The van der Waals surface area contributed by atoms with Crippen molar-refractivity contribution < 1.29 is 27.1 Å². The highest BCUT2D eigenvalue weighted by Gasteiger charge is 2.38. The number of carbonyl (C=O) groups is 1. The number of aliphatic hydroxyl groups is 1. The molecule has 0 saturated heterocycles. The number of carbonyl (C=O) groups excluding carboxylic acids is 1. The van der Waals surface area contributed by atoms with E-state index in [0.717, 1.165) is 29.2 Å². The van der Waals surface area contributed by atoms with Crippen LogP contribution < -0.4 is 11.1 Å². The number of hydrogen-bond acceptors (Lipinski definition) is 6. The van der Waals surface area contributed by atoms with E-state index in [2.05, 4.69) is 5.32 Å². The van der Waals surface area contributed by atoms with Crippen LogP contribution >= 0.6 is 0 Å². The van der Waals surface area contributed by atoms with Gasteiger partial charge >= 0.3 is 0 Å². The van der Waals surface area contributed by atoms with Gasteiger partial charge in [0.2, 0.25) is 5.91 Å². The molecule has 0 aliphatic carbocycles. The Labute approximate surface area is 211 Å². The number of primary amides is 1. The summed E-state index contributed by atoms with van der Waals surface area (Å²) in [4.78, 5) is 13.7. The molecular formula is C26H35F2N3O4S. The molecule has 3 atom stereocenters. The first kappa shape index (κ1) is 28.2. The third kappa shape index (κ3) is 6.47. The lowest BCUT2D eigenvalue weighted by molar-refractivity contribution is -0.130. The minimum atomic E-state index is -3.34. The zero-order valence-electron chi connectivity index (χ0n) is 21.1. The second-order valence-electron chi connectivity index (χ2n) is 10.1. The first-order valence-electron chi connectivity index (χ1n) is 11.9. The molecule has 0 unspecified atom stereocenters. The number of nitrogens with two attached hydrogens (primary N) is 1. The smallest absolute Gasteiger partial charge is 0.237 e. The number of amides is 1. The summed E-state index contributed by atoms with van der Waals surface area (Å²) in [6.07, 6.45) is -0.291. The van der Waals surface area contributed by atoms with E-state index in [1.54, 1.807) is 25.8 Å². The van der Waals surface area contributed by atoms with E-state index in [4.69, 9.17) is 5.73 Å². The number of hydrogen-bond donors (Lipinski definition) is 3. The molecule has 4 N–H and O–H groups in total. The largest absolute Gasteiger partial charge is 0.390 e. The Kier molecular flexibility index (Phi) is 8.55. The second-order valence-corrected chi connectivity index (χ2v) is 12.2. The first-order chi connectivity index (χ1) is 16.7. The molecule has 1 heterocycles. The number of benzene rings is 2. The van der Waals surface area contributed by atoms with Gasteiger partial charge in [0.05, 0.1) is 23.1 Å². The Morgan fingerprint density at radius 2 is 1.83 bits per heavy atom. The normalized spacial score (nSPS) is 19.1. The van der Waals surface area contributed by atoms with Crippen LogP contribution in [-0.4, -0.2) is 61.4 Å². The van der Waals surface area contributed by atoms with Crippen LogP contribution in [0.5, 0.6) is 0 Å². The van der Waals surface area contributed by atoms with Crippen LogP contribution in [0.25, 0.3) is 0 Å². The number of aliphatic hydroxyl groups excluding tert-OH is 1. The maximum atomic E-state index is 13.8. The zero-order chi connectivity index (χ0) is 26.8. The van der Waals surface area contributed by atoms with Crippen molar-refractivity contribution in [3.63, 3.8) is 0 Å². The predicted octanol–water partition coefficient (Wildman–Crippen LogP) is 2.25. The lowest BCUT2D eigenvalue weighted by Crippen LogP contribution is -2.60. The zero-order valence-corrected chi connectivity index (χ0v) is 21.9. The second kappa shape index (κ2) is 10.9. The summed E-state index contributed by atoms with van der Waals surface area (Å²) < 4.78 is 52.8. The number of nitrogens with zero attached hydrogens (tertiary/aromatic N) is 1. The molecule has 10 heteroatoms. The van der Waals surface area contributed by atoms with Gasteiger partial charge in [-0.3, -0.25) is 9.69 Å². The van der Waals surface area contributed by atoms with Crippen LogP contribution in [0, 0.1) is 11.6 Å². The molecule has 0 aromatic heterocycles. The van der Waals surface area contributed by atoms with Crippen LogP contribution in [0.1, 0.15) is 49.1 Å². The van der Waals surface area contributed by atoms with E-state index in [1.165, 1.54) is 12.1 Å². The van der Waals surface area contributed by atoms with E-state index in [-0.39, 0.29) is 24.5 Å². The van der Waals surface area contributed by atoms with Gasteiger partial charge in [-0.1, -0.05) is 25.1 Å². The van der Waals surface area contributed by atoms with Gasteiger partial charge in [0.25, 0.3) is 0 Å². The van der Waals surface area contributed by atoms with Gasteiger partial charge < -0.3 is 16.2 Å². The third-order valence-corrected chi connectivity index (χ3v) is 8.75. The fourth-order valence-electron chi connectivity index (χ4n) is 4.62. The topological polar surface area (TPSA) is 113 Å². The Morgan fingerprint density at radius 1 is 1.19 bits per heavy atom. The van der Waals surface area contributed by atoms with Crippen molar-refractivity contribution in [3.05, 3.63) is 70.3 Å². The van der Waals surface area contributed by atoms with Gasteiger partial charge in [0.1, 0.15) is 11.6 Å². The molecule has 0 saturated carbocycles. The van der Waals surface area contributed by atoms with Gasteiger partial charge in [-0.25, -0.2) is 17.2 Å². The van der Waals surface area contributed by atoms with Crippen LogP contribution in [0.4, 0.5) is 8.78 Å². The highest BCUT2D eigenvalue weighted by molar-refractivity contribution is 7.90. The maximum Gasteiger partial charge on any atom is 0.237 e. The number of sulfone groups is 1.